The van der Waals surface area contributed by atoms with Crippen LogP contribution in [0.2, 0.25) is 0 Å². The smallest absolute Gasteiger partial charge is 0.146 e. The molecule has 0 saturated carbocycles. The van der Waals surface area contributed by atoms with E-state index in [1.807, 2.05) is 18.2 Å². The fourth-order valence-electron chi connectivity index (χ4n) is 1.93. The Labute approximate surface area is 94.7 Å². The molecule has 1 aliphatic rings. The van der Waals surface area contributed by atoms with Gasteiger partial charge in [-0.25, -0.2) is 0 Å². The lowest BCUT2D eigenvalue weighted by molar-refractivity contribution is 0.0770. The summed E-state index contributed by atoms with van der Waals surface area (Å²) < 4.78 is 0. The van der Waals surface area contributed by atoms with Gasteiger partial charge < -0.3 is 9.74 Å². The van der Waals surface area contributed by atoms with E-state index in [1.54, 1.807) is 6.07 Å². The van der Waals surface area contributed by atoms with Crippen molar-refractivity contribution in [2.24, 2.45) is 5.16 Å². The van der Waals surface area contributed by atoms with E-state index < -0.39 is 0 Å². The van der Waals surface area contributed by atoms with Crippen molar-refractivity contribution in [3.8, 4) is 6.07 Å². The van der Waals surface area contributed by atoms with Crippen LogP contribution in [-0.4, -0.2) is 25.9 Å². The molecule has 82 valence electrons. The van der Waals surface area contributed by atoms with E-state index in [-0.39, 0.29) is 6.10 Å². The predicted octanol–water partition coefficient (Wildman–Crippen LogP) is 1.77. The third-order valence-electron chi connectivity index (χ3n) is 2.71. The molecule has 1 fully saturated rings. The van der Waals surface area contributed by atoms with Crippen LogP contribution in [0.1, 0.15) is 12.0 Å². The number of hydrogen-bond donors (Lipinski definition) is 0. The van der Waals surface area contributed by atoms with Crippen LogP contribution in [0.25, 0.3) is 0 Å². The van der Waals surface area contributed by atoms with Crippen LogP contribution >= 0.6 is 0 Å². The van der Waals surface area contributed by atoms with Crippen molar-refractivity contribution in [3.05, 3.63) is 29.8 Å². The minimum absolute atomic E-state index is 0.114. The largest absolute Gasteiger partial charge is 0.391 e. The van der Waals surface area contributed by atoms with Crippen LogP contribution in [0.15, 0.2) is 29.4 Å². The van der Waals surface area contributed by atoms with Crippen LogP contribution in [0.3, 0.4) is 0 Å². The lowest BCUT2D eigenvalue weighted by atomic mass is 10.2. The van der Waals surface area contributed by atoms with Crippen molar-refractivity contribution in [2.45, 2.75) is 12.5 Å². The fraction of sp³-hybridized carbons (Fsp3) is 0.333. The van der Waals surface area contributed by atoms with Gasteiger partial charge in [-0.1, -0.05) is 6.07 Å². The van der Waals surface area contributed by atoms with Crippen LogP contribution in [-0.2, 0) is 4.84 Å². The first-order chi connectivity index (χ1) is 7.83. The summed E-state index contributed by atoms with van der Waals surface area (Å²) in [6.07, 6.45) is 1.05. The third kappa shape index (κ3) is 2.14. The number of anilines is 1. The molecular formula is C12H13N3O. The molecule has 0 aromatic heterocycles. The first-order valence-electron chi connectivity index (χ1n) is 5.20. The van der Waals surface area contributed by atoms with Gasteiger partial charge in [0.1, 0.15) is 6.10 Å². The Kier molecular flexibility index (Phi) is 3.06. The van der Waals surface area contributed by atoms with E-state index in [0.717, 1.165) is 25.2 Å². The minimum atomic E-state index is 0.114. The van der Waals surface area contributed by atoms with Gasteiger partial charge in [0.05, 0.1) is 18.2 Å². The number of oxime groups is 1. The summed E-state index contributed by atoms with van der Waals surface area (Å²) in [5, 5.41) is 12.3. The molecule has 1 aliphatic heterocycles. The standard InChI is InChI=1S/C12H13N3O/c1-14-16-12-5-6-15(9-12)11-4-2-3-10(7-11)8-13/h2-4,7,12H,1,5-6,9H2/t12-/m1/s1. The summed E-state index contributed by atoms with van der Waals surface area (Å²) in [5.41, 5.74) is 1.75. The molecule has 0 N–H and O–H groups in total. The molecular weight excluding hydrogens is 202 g/mol. The fourth-order valence-corrected chi connectivity index (χ4v) is 1.93. The summed E-state index contributed by atoms with van der Waals surface area (Å²) >= 11 is 0. The Bertz CT molecular complexity index is 425. The molecule has 4 heteroatoms. The van der Waals surface area contributed by atoms with Crippen LogP contribution < -0.4 is 4.90 Å². The van der Waals surface area contributed by atoms with Gasteiger partial charge in [0.25, 0.3) is 0 Å². The van der Waals surface area contributed by atoms with E-state index in [1.165, 1.54) is 0 Å². The normalized spacial score (nSPS) is 19.2. The van der Waals surface area contributed by atoms with Gasteiger partial charge in [0, 0.05) is 25.4 Å². The molecule has 0 spiro atoms. The number of rotatable bonds is 3. The maximum Gasteiger partial charge on any atom is 0.146 e. The summed E-state index contributed by atoms with van der Waals surface area (Å²) in [6, 6.07) is 9.74. The molecule has 1 saturated heterocycles. The second-order valence-electron chi connectivity index (χ2n) is 3.75. The van der Waals surface area contributed by atoms with Crippen LogP contribution in [0.5, 0.6) is 0 Å². The summed E-state index contributed by atoms with van der Waals surface area (Å²) in [4.78, 5) is 7.31. The second-order valence-corrected chi connectivity index (χ2v) is 3.75. The maximum atomic E-state index is 8.82. The van der Waals surface area contributed by atoms with Crippen molar-refractivity contribution in [1.29, 1.82) is 5.26 Å². The van der Waals surface area contributed by atoms with Gasteiger partial charge >= 0.3 is 0 Å². The number of nitriles is 1. The zero-order valence-electron chi connectivity index (χ0n) is 8.97. The molecule has 0 aliphatic carbocycles. The highest BCUT2D eigenvalue weighted by Crippen LogP contribution is 2.22. The predicted molar refractivity (Wildman–Crippen MR) is 62.4 cm³/mol. The maximum absolute atomic E-state index is 8.82. The molecule has 0 radical (unpaired) electrons. The molecule has 16 heavy (non-hydrogen) atoms. The van der Waals surface area contributed by atoms with E-state index >= 15 is 0 Å². The van der Waals surface area contributed by atoms with E-state index in [4.69, 9.17) is 10.1 Å². The molecule has 2 rings (SSSR count). The van der Waals surface area contributed by atoms with Gasteiger partial charge in [-0.05, 0) is 18.2 Å². The van der Waals surface area contributed by atoms with E-state index in [2.05, 4.69) is 22.8 Å². The lowest BCUT2D eigenvalue weighted by Gasteiger charge is -2.17. The highest BCUT2D eigenvalue weighted by molar-refractivity contribution is 5.52. The summed E-state index contributed by atoms with van der Waals surface area (Å²) in [5.74, 6) is 0. The summed E-state index contributed by atoms with van der Waals surface area (Å²) in [7, 11) is 0. The molecule has 1 heterocycles. The first kappa shape index (κ1) is 10.5. The zero-order valence-corrected chi connectivity index (χ0v) is 8.97. The Morgan fingerprint density at radius 1 is 1.56 bits per heavy atom. The molecule has 0 amide bonds. The Morgan fingerprint density at radius 2 is 2.44 bits per heavy atom. The number of nitrogens with zero attached hydrogens (tertiary/aromatic N) is 3. The Hall–Kier alpha value is -2.02. The third-order valence-corrected chi connectivity index (χ3v) is 2.71. The van der Waals surface area contributed by atoms with Gasteiger partial charge in [-0.3, -0.25) is 0 Å². The molecule has 1 atom stereocenters. The van der Waals surface area contributed by atoms with Gasteiger partial charge in [-0.2, -0.15) is 5.26 Å². The highest BCUT2D eigenvalue weighted by atomic mass is 16.6. The average molecular weight is 215 g/mol. The average Bonchev–Trinajstić information content (AvgIpc) is 2.78. The number of hydrogen-bond acceptors (Lipinski definition) is 4. The van der Waals surface area contributed by atoms with Crippen molar-refractivity contribution in [2.75, 3.05) is 18.0 Å². The SMILES string of the molecule is C=NO[C@@H]1CCN(c2cccc(C#N)c2)C1. The zero-order chi connectivity index (χ0) is 11.4. The van der Waals surface area contributed by atoms with E-state index in [0.29, 0.717) is 5.56 Å². The monoisotopic (exact) mass is 215 g/mol. The van der Waals surface area contributed by atoms with E-state index in [9.17, 15) is 0 Å². The van der Waals surface area contributed by atoms with Gasteiger partial charge in [-0.15, -0.1) is 5.16 Å². The van der Waals surface area contributed by atoms with Crippen LogP contribution in [0, 0.1) is 11.3 Å². The molecule has 1 aromatic rings. The van der Waals surface area contributed by atoms with Gasteiger partial charge in [0.15, 0.2) is 0 Å². The molecule has 0 unspecified atom stereocenters. The molecule has 1 aromatic carbocycles. The minimum Gasteiger partial charge on any atom is -0.391 e. The Morgan fingerprint density at radius 3 is 3.19 bits per heavy atom. The van der Waals surface area contributed by atoms with Crippen molar-refractivity contribution >= 4 is 12.4 Å². The topological polar surface area (TPSA) is 48.6 Å². The summed E-state index contributed by atoms with van der Waals surface area (Å²) in [6.45, 7) is 5.04. The molecule has 4 nitrogen and oxygen atoms in total. The van der Waals surface area contributed by atoms with Crippen molar-refractivity contribution in [3.63, 3.8) is 0 Å². The second kappa shape index (κ2) is 4.67. The highest BCUT2D eigenvalue weighted by Gasteiger charge is 2.24. The van der Waals surface area contributed by atoms with Crippen LogP contribution in [0.4, 0.5) is 5.69 Å². The first-order valence-corrected chi connectivity index (χ1v) is 5.20. The molecule has 0 bridgehead atoms. The lowest BCUT2D eigenvalue weighted by Crippen LogP contribution is -2.21. The quantitative estimate of drug-likeness (QED) is 0.570. The number of benzene rings is 1. The van der Waals surface area contributed by atoms with Crippen molar-refractivity contribution < 1.29 is 4.84 Å². The van der Waals surface area contributed by atoms with Crippen molar-refractivity contribution in [1.82, 2.24) is 0 Å². The van der Waals surface area contributed by atoms with Gasteiger partial charge in [0.2, 0.25) is 0 Å². The Balaban J connectivity index is 2.08.